The molecule has 1 atom stereocenters. The molecule has 0 aliphatic rings. The summed E-state index contributed by atoms with van der Waals surface area (Å²) in [6.07, 6.45) is 8.03. The van der Waals surface area contributed by atoms with Crippen molar-refractivity contribution in [2.75, 3.05) is 6.61 Å². The van der Waals surface area contributed by atoms with Crippen LogP contribution in [-0.4, -0.2) is 11.6 Å². The van der Waals surface area contributed by atoms with Crippen LogP contribution in [0.4, 0.5) is 0 Å². The summed E-state index contributed by atoms with van der Waals surface area (Å²) in [4.78, 5) is 4.48. The van der Waals surface area contributed by atoms with E-state index >= 15 is 0 Å². The van der Waals surface area contributed by atoms with Crippen LogP contribution in [0.2, 0.25) is 0 Å². The van der Waals surface area contributed by atoms with E-state index in [-0.39, 0.29) is 12.6 Å². The molecule has 1 N–H and O–H groups in total. The molecule has 2 aromatic heterocycles. The zero-order chi connectivity index (χ0) is 16.6. The van der Waals surface area contributed by atoms with E-state index in [0.29, 0.717) is 0 Å². The van der Waals surface area contributed by atoms with E-state index in [1.54, 1.807) is 22.7 Å². The molecule has 0 amide bonds. The van der Waals surface area contributed by atoms with Gasteiger partial charge in [0.2, 0.25) is 0 Å². The Kier molecular flexibility index (Phi) is 6.02. The Morgan fingerprint density at radius 3 is 2.96 bits per heavy atom. The number of terminal acetylenes is 1. The quantitative estimate of drug-likeness (QED) is 0.613. The Morgan fingerprint density at radius 2 is 2.21 bits per heavy atom. The smallest absolute Gasteiger partial charge is 0.148 e. The summed E-state index contributed by atoms with van der Waals surface area (Å²) in [5.74, 6) is 3.29. The van der Waals surface area contributed by atoms with Gasteiger partial charge >= 0.3 is 0 Å². The van der Waals surface area contributed by atoms with Gasteiger partial charge in [0, 0.05) is 18.1 Å². The topological polar surface area (TPSA) is 34.1 Å². The van der Waals surface area contributed by atoms with Gasteiger partial charge in [-0.25, -0.2) is 4.98 Å². The number of benzene rings is 1. The third kappa shape index (κ3) is 4.68. The molecule has 0 aliphatic heterocycles. The molecule has 0 radical (unpaired) electrons. The van der Waals surface area contributed by atoms with Crippen LogP contribution < -0.4 is 10.1 Å². The zero-order valence-electron chi connectivity index (χ0n) is 13.1. The maximum Gasteiger partial charge on any atom is 0.148 e. The van der Waals surface area contributed by atoms with E-state index in [1.165, 1.54) is 5.56 Å². The van der Waals surface area contributed by atoms with Crippen molar-refractivity contribution in [3.8, 4) is 18.1 Å². The molecular weight excluding hydrogens is 336 g/mol. The van der Waals surface area contributed by atoms with Gasteiger partial charge in [0.1, 0.15) is 17.4 Å². The van der Waals surface area contributed by atoms with Crippen molar-refractivity contribution in [2.24, 2.45) is 0 Å². The summed E-state index contributed by atoms with van der Waals surface area (Å²) < 4.78 is 5.49. The average Bonchev–Trinajstić information content (AvgIpc) is 3.30. The third-order valence-electron chi connectivity index (χ3n) is 3.54. The lowest BCUT2D eigenvalue weighted by Crippen LogP contribution is -2.22. The van der Waals surface area contributed by atoms with Gasteiger partial charge in [-0.1, -0.05) is 18.1 Å². The monoisotopic (exact) mass is 354 g/mol. The molecule has 1 unspecified atom stereocenters. The summed E-state index contributed by atoms with van der Waals surface area (Å²) in [7, 11) is 0. The van der Waals surface area contributed by atoms with Gasteiger partial charge in [-0.2, -0.15) is 11.3 Å². The van der Waals surface area contributed by atoms with Crippen molar-refractivity contribution in [1.82, 2.24) is 10.3 Å². The Hall–Kier alpha value is -2.13. The van der Waals surface area contributed by atoms with Gasteiger partial charge in [0.15, 0.2) is 0 Å². The number of ether oxygens (including phenoxy) is 1. The molecule has 0 aliphatic carbocycles. The molecule has 5 heteroatoms. The number of nitrogens with one attached hydrogen (secondary N) is 1. The van der Waals surface area contributed by atoms with E-state index in [4.69, 9.17) is 11.2 Å². The summed E-state index contributed by atoms with van der Waals surface area (Å²) in [6.45, 7) is 1.04. The van der Waals surface area contributed by atoms with Gasteiger partial charge in [-0.05, 0) is 46.5 Å². The number of hydrogen-bond acceptors (Lipinski definition) is 5. The molecule has 0 fully saturated rings. The van der Waals surface area contributed by atoms with E-state index in [2.05, 4.69) is 39.1 Å². The first-order chi connectivity index (χ1) is 11.8. The fraction of sp³-hybridized carbons (Fsp3) is 0.211. The van der Waals surface area contributed by atoms with E-state index in [1.807, 2.05) is 29.8 Å². The molecule has 0 saturated heterocycles. The lowest BCUT2D eigenvalue weighted by Gasteiger charge is -2.16. The predicted octanol–water partition coefficient (Wildman–Crippen LogP) is 4.29. The fourth-order valence-electron chi connectivity index (χ4n) is 2.41. The molecule has 2 heterocycles. The largest absolute Gasteiger partial charge is 0.481 e. The van der Waals surface area contributed by atoms with Crippen molar-refractivity contribution in [2.45, 2.75) is 19.0 Å². The van der Waals surface area contributed by atoms with Crippen molar-refractivity contribution < 1.29 is 4.74 Å². The number of hydrogen-bond donors (Lipinski definition) is 1. The van der Waals surface area contributed by atoms with E-state index in [0.717, 1.165) is 29.3 Å². The number of rotatable bonds is 8. The molecular formula is C19H18N2OS2. The molecule has 3 nitrogen and oxygen atoms in total. The van der Waals surface area contributed by atoms with E-state index < -0.39 is 0 Å². The minimum Gasteiger partial charge on any atom is -0.481 e. The van der Waals surface area contributed by atoms with Crippen LogP contribution in [0.3, 0.4) is 0 Å². The van der Waals surface area contributed by atoms with E-state index in [9.17, 15) is 0 Å². The van der Waals surface area contributed by atoms with Crippen molar-refractivity contribution >= 4 is 22.7 Å². The normalized spacial score (nSPS) is 11.8. The van der Waals surface area contributed by atoms with Gasteiger partial charge in [-0.15, -0.1) is 17.8 Å². The van der Waals surface area contributed by atoms with Crippen LogP contribution in [0.25, 0.3) is 0 Å². The van der Waals surface area contributed by atoms with Gasteiger partial charge in [0.05, 0.1) is 6.04 Å². The van der Waals surface area contributed by atoms with Crippen LogP contribution >= 0.6 is 22.7 Å². The van der Waals surface area contributed by atoms with Gasteiger partial charge in [0.25, 0.3) is 0 Å². The summed E-state index contributed by atoms with van der Waals surface area (Å²) in [6, 6.07) is 10.4. The molecule has 3 aromatic rings. The highest BCUT2D eigenvalue weighted by Gasteiger charge is 2.15. The Morgan fingerprint density at radius 1 is 1.25 bits per heavy atom. The van der Waals surface area contributed by atoms with Gasteiger partial charge in [-0.3, -0.25) is 0 Å². The minimum atomic E-state index is 0.204. The first-order valence-electron chi connectivity index (χ1n) is 7.64. The van der Waals surface area contributed by atoms with Crippen LogP contribution in [0.15, 0.2) is 52.7 Å². The minimum absolute atomic E-state index is 0.204. The van der Waals surface area contributed by atoms with Crippen LogP contribution in [-0.2, 0) is 13.0 Å². The number of thiophene rings is 1. The first-order valence-corrected chi connectivity index (χ1v) is 9.46. The maximum atomic E-state index is 5.49. The number of thiazole rings is 1. The number of nitrogens with zero attached hydrogens (tertiary/aromatic N) is 1. The van der Waals surface area contributed by atoms with Crippen molar-refractivity contribution in [3.05, 3.63) is 68.8 Å². The highest BCUT2D eigenvalue weighted by molar-refractivity contribution is 7.09. The maximum absolute atomic E-state index is 5.49. The van der Waals surface area contributed by atoms with Crippen LogP contribution in [0, 0.1) is 12.3 Å². The lowest BCUT2D eigenvalue weighted by molar-refractivity contribution is 0.369. The van der Waals surface area contributed by atoms with Crippen molar-refractivity contribution in [3.63, 3.8) is 0 Å². The second kappa shape index (κ2) is 8.65. The standard InChI is InChI=1S/C19H18N2OS2/c1-2-8-22-17-5-3-4-15(11-17)13-21-18(19-20-7-10-24-19)12-16-6-9-23-14-16/h1,3-7,9-11,14,18,21H,8,12-13H2. The lowest BCUT2D eigenvalue weighted by atomic mass is 10.1. The SMILES string of the molecule is C#CCOc1cccc(CNC(Cc2ccsc2)c2nccs2)c1. The average molecular weight is 354 g/mol. The molecule has 24 heavy (non-hydrogen) atoms. The predicted molar refractivity (Wildman–Crippen MR) is 100 cm³/mol. The Balaban J connectivity index is 1.66. The highest BCUT2D eigenvalue weighted by atomic mass is 32.1. The molecule has 0 saturated carbocycles. The van der Waals surface area contributed by atoms with Crippen LogP contribution in [0.5, 0.6) is 5.75 Å². The highest BCUT2D eigenvalue weighted by Crippen LogP contribution is 2.23. The Labute approximate surface area is 150 Å². The molecule has 0 bridgehead atoms. The second-order valence-electron chi connectivity index (χ2n) is 5.28. The fourth-order valence-corrected chi connectivity index (χ4v) is 3.80. The summed E-state index contributed by atoms with van der Waals surface area (Å²) in [5.41, 5.74) is 2.50. The summed E-state index contributed by atoms with van der Waals surface area (Å²) >= 11 is 3.41. The molecule has 3 rings (SSSR count). The van der Waals surface area contributed by atoms with Gasteiger partial charge < -0.3 is 10.1 Å². The first kappa shape index (κ1) is 16.7. The number of aromatic nitrogens is 1. The van der Waals surface area contributed by atoms with Crippen LogP contribution in [0.1, 0.15) is 22.2 Å². The third-order valence-corrected chi connectivity index (χ3v) is 5.16. The molecule has 1 aromatic carbocycles. The zero-order valence-corrected chi connectivity index (χ0v) is 14.8. The Bertz CT molecular complexity index is 776. The van der Waals surface area contributed by atoms with Crippen molar-refractivity contribution in [1.29, 1.82) is 0 Å². The molecule has 122 valence electrons. The second-order valence-corrected chi connectivity index (χ2v) is 6.99. The summed E-state index contributed by atoms with van der Waals surface area (Å²) in [5, 5.41) is 11.1. The molecule has 0 spiro atoms.